The second kappa shape index (κ2) is 7.59. The largest absolute Gasteiger partial charge is 0.444 e. The highest BCUT2D eigenvalue weighted by Gasteiger charge is 2.28. The third-order valence-electron chi connectivity index (χ3n) is 4.00. The number of anilines is 1. The van der Waals surface area contributed by atoms with Gasteiger partial charge in [0.25, 0.3) is 5.69 Å². The Kier molecular flexibility index (Phi) is 5.92. The maximum absolute atomic E-state index is 11.9. The minimum absolute atomic E-state index is 0.0339. The van der Waals surface area contributed by atoms with Gasteiger partial charge in [-0.3, -0.25) is 10.1 Å². The molecule has 0 heterocycles. The summed E-state index contributed by atoms with van der Waals surface area (Å²) < 4.78 is 6.07. The van der Waals surface area contributed by atoms with Crippen molar-refractivity contribution >= 4 is 33.4 Å². The van der Waals surface area contributed by atoms with Crippen molar-refractivity contribution in [1.29, 1.82) is 0 Å². The van der Waals surface area contributed by atoms with E-state index in [1.807, 2.05) is 20.8 Å². The maximum atomic E-state index is 11.9. The lowest BCUT2D eigenvalue weighted by molar-refractivity contribution is -0.385. The summed E-state index contributed by atoms with van der Waals surface area (Å²) >= 11 is 3.45. The molecule has 138 valence electrons. The number of amides is 1. The average Bonchev–Trinajstić information content (AvgIpc) is 2.86. The summed E-state index contributed by atoms with van der Waals surface area (Å²) in [5.74, 6) is 0. The van der Waals surface area contributed by atoms with E-state index in [-0.39, 0.29) is 22.7 Å². The van der Waals surface area contributed by atoms with Crippen LogP contribution >= 0.6 is 15.9 Å². The van der Waals surface area contributed by atoms with Gasteiger partial charge in [0.05, 0.1) is 10.6 Å². The molecule has 1 amide bonds. The highest BCUT2D eigenvalue weighted by atomic mass is 79.9. The first-order valence-corrected chi connectivity index (χ1v) is 9.05. The number of nitro benzene ring substituents is 1. The summed E-state index contributed by atoms with van der Waals surface area (Å²) in [5, 5.41) is 17.3. The molecule has 1 saturated carbocycles. The number of ether oxygens (including phenoxy) is 1. The smallest absolute Gasteiger partial charge is 0.407 e. The standard InChI is InChI=1S/C17H24BrN3O4/c1-10-7-13(18)14(9-15(10)21(23)24)19-11-5-6-12(8-11)20-16(22)25-17(2,3)4/h7,9,11-12,19H,5-6,8H2,1-4H3,(H,20,22). The zero-order valence-electron chi connectivity index (χ0n) is 14.9. The van der Waals surface area contributed by atoms with Crippen LogP contribution in [0, 0.1) is 17.0 Å². The van der Waals surface area contributed by atoms with Gasteiger partial charge >= 0.3 is 6.09 Å². The van der Waals surface area contributed by atoms with Crippen LogP contribution in [0.3, 0.4) is 0 Å². The molecule has 1 fully saturated rings. The van der Waals surface area contributed by atoms with Gasteiger partial charge in [-0.1, -0.05) is 0 Å². The summed E-state index contributed by atoms with van der Waals surface area (Å²) in [6, 6.07) is 3.46. The fourth-order valence-corrected chi connectivity index (χ4v) is 3.48. The number of halogens is 1. The Labute approximate surface area is 155 Å². The number of nitro groups is 1. The molecule has 2 rings (SSSR count). The Morgan fingerprint density at radius 2 is 1.96 bits per heavy atom. The first kappa shape index (κ1) is 19.5. The predicted molar refractivity (Wildman–Crippen MR) is 100.0 cm³/mol. The van der Waals surface area contributed by atoms with Gasteiger partial charge in [-0.25, -0.2) is 4.79 Å². The van der Waals surface area contributed by atoms with Crippen molar-refractivity contribution in [3.05, 3.63) is 32.3 Å². The van der Waals surface area contributed by atoms with E-state index in [4.69, 9.17) is 4.74 Å². The maximum Gasteiger partial charge on any atom is 0.407 e. The van der Waals surface area contributed by atoms with Gasteiger partial charge in [0.1, 0.15) is 5.60 Å². The Hall–Kier alpha value is -1.83. The lowest BCUT2D eigenvalue weighted by Crippen LogP contribution is -2.38. The van der Waals surface area contributed by atoms with Gasteiger partial charge in [0.2, 0.25) is 0 Å². The molecule has 0 saturated heterocycles. The molecule has 0 aromatic heterocycles. The van der Waals surface area contributed by atoms with E-state index in [1.54, 1.807) is 19.1 Å². The van der Waals surface area contributed by atoms with E-state index in [0.717, 1.165) is 23.7 Å². The van der Waals surface area contributed by atoms with Crippen LogP contribution in [0.15, 0.2) is 16.6 Å². The molecule has 2 N–H and O–H groups in total. The zero-order chi connectivity index (χ0) is 18.8. The third kappa shape index (κ3) is 5.59. The molecule has 2 atom stereocenters. The van der Waals surface area contributed by atoms with Crippen molar-refractivity contribution in [2.24, 2.45) is 0 Å². The van der Waals surface area contributed by atoms with Gasteiger partial charge in [-0.05, 0) is 69.0 Å². The van der Waals surface area contributed by atoms with Crippen molar-refractivity contribution in [2.75, 3.05) is 5.32 Å². The second-order valence-electron chi connectivity index (χ2n) is 7.37. The Morgan fingerprint density at radius 3 is 2.56 bits per heavy atom. The number of nitrogens with one attached hydrogen (secondary N) is 2. The van der Waals surface area contributed by atoms with Crippen LogP contribution < -0.4 is 10.6 Å². The monoisotopic (exact) mass is 413 g/mol. The van der Waals surface area contributed by atoms with Gasteiger partial charge in [-0.15, -0.1) is 0 Å². The first-order valence-electron chi connectivity index (χ1n) is 8.26. The van der Waals surface area contributed by atoms with Crippen molar-refractivity contribution in [1.82, 2.24) is 5.32 Å². The number of hydrogen-bond acceptors (Lipinski definition) is 5. The Balaban J connectivity index is 1.96. The van der Waals surface area contributed by atoms with Crippen LogP contribution in [0.2, 0.25) is 0 Å². The predicted octanol–water partition coefficient (Wildman–Crippen LogP) is 4.52. The molecule has 0 aliphatic heterocycles. The number of carbonyl (C=O) groups excluding carboxylic acids is 1. The van der Waals surface area contributed by atoms with Crippen molar-refractivity contribution in [3.8, 4) is 0 Å². The Morgan fingerprint density at radius 1 is 1.32 bits per heavy atom. The molecule has 1 aliphatic carbocycles. The molecular weight excluding hydrogens is 390 g/mol. The lowest BCUT2D eigenvalue weighted by atomic mass is 10.1. The van der Waals surface area contributed by atoms with Crippen molar-refractivity contribution in [3.63, 3.8) is 0 Å². The molecule has 0 spiro atoms. The van der Waals surface area contributed by atoms with E-state index in [2.05, 4.69) is 26.6 Å². The number of aryl methyl sites for hydroxylation is 1. The van der Waals surface area contributed by atoms with Crippen molar-refractivity contribution in [2.45, 2.75) is 64.6 Å². The van der Waals surface area contributed by atoms with Gasteiger partial charge in [-0.2, -0.15) is 0 Å². The number of alkyl carbamates (subject to hydrolysis) is 1. The number of nitrogens with zero attached hydrogens (tertiary/aromatic N) is 1. The minimum atomic E-state index is -0.522. The van der Waals surface area contributed by atoms with E-state index >= 15 is 0 Å². The van der Waals surface area contributed by atoms with Crippen LogP contribution in [0.1, 0.15) is 45.6 Å². The quantitative estimate of drug-likeness (QED) is 0.558. The first-order chi connectivity index (χ1) is 11.5. The fourth-order valence-electron chi connectivity index (χ4n) is 2.91. The molecule has 8 heteroatoms. The number of hydrogen-bond donors (Lipinski definition) is 2. The highest BCUT2D eigenvalue weighted by molar-refractivity contribution is 9.10. The fraction of sp³-hybridized carbons (Fsp3) is 0.588. The van der Waals surface area contributed by atoms with Crippen LogP contribution in [-0.2, 0) is 4.74 Å². The molecule has 1 aromatic rings. The number of rotatable bonds is 4. The normalized spacial score (nSPS) is 20.2. The van der Waals surface area contributed by atoms with E-state index < -0.39 is 11.7 Å². The minimum Gasteiger partial charge on any atom is -0.444 e. The molecular formula is C17H24BrN3O4. The van der Waals surface area contributed by atoms with Crippen LogP contribution in [-0.4, -0.2) is 28.7 Å². The van der Waals surface area contributed by atoms with Gasteiger partial charge < -0.3 is 15.4 Å². The summed E-state index contributed by atoms with van der Waals surface area (Å²) in [5.41, 5.74) is 0.872. The van der Waals surface area contributed by atoms with Crippen LogP contribution in [0.25, 0.3) is 0 Å². The highest BCUT2D eigenvalue weighted by Crippen LogP contribution is 2.33. The molecule has 7 nitrogen and oxygen atoms in total. The van der Waals surface area contributed by atoms with Gasteiger partial charge in [0.15, 0.2) is 0 Å². The molecule has 0 radical (unpaired) electrons. The summed E-state index contributed by atoms with van der Waals surface area (Å²) in [7, 11) is 0. The molecule has 2 unspecified atom stereocenters. The van der Waals surface area contributed by atoms with Crippen LogP contribution in [0.5, 0.6) is 0 Å². The van der Waals surface area contributed by atoms with E-state index in [0.29, 0.717) is 11.3 Å². The number of benzene rings is 1. The molecule has 1 aliphatic rings. The number of carbonyl (C=O) groups is 1. The SMILES string of the molecule is Cc1cc(Br)c(NC2CCC(NC(=O)OC(C)(C)C)C2)cc1[N+](=O)[O-]. The van der Waals surface area contributed by atoms with Crippen molar-refractivity contribution < 1.29 is 14.5 Å². The summed E-state index contributed by atoms with van der Waals surface area (Å²) in [6.07, 6.45) is 2.04. The summed E-state index contributed by atoms with van der Waals surface area (Å²) in [4.78, 5) is 22.6. The summed E-state index contributed by atoms with van der Waals surface area (Å²) in [6.45, 7) is 7.19. The Bertz CT molecular complexity index is 673. The topological polar surface area (TPSA) is 93.5 Å². The van der Waals surface area contributed by atoms with Crippen LogP contribution in [0.4, 0.5) is 16.2 Å². The van der Waals surface area contributed by atoms with Gasteiger partial charge in [0, 0.05) is 28.2 Å². The lowest BCUT2D eigenvalue weighted by Gasteiger charge is -2.22. The zero-order valence-corrected chi connectivity index (χ0v) is 16.5. The average molecular weight is 414 g/mol. The molecule has 0 bridgehead atoms. The molecule has 25 heavy (non-hydrogen) atoms. The third-order valence-corrected chi connectivity index (χ3v) is 4.65. The second-order valence-corrected chi connectivity index (χ2v) is 8.23. The van der Waals surface area contributed by atoms with E-state index in [1.165, 1.54) is 0 Å². The van der Waals surface area contributed by atoms with E-state index in [9.17, 15) is 14.9 Å². The molecule has 1 aromatic carbocycles.